The summed E-state index contributed by atoms with van der Waals surface area (Å²) in [6.07, 6.45) is 10.7. The Morgan fingerprint density at radius 3 is 2.17 bits per heavy atom. The lowest BCUT2D eigenvalue weighted by atomic mass is 9.87. The summed E-state index contributed by atoms with van der Waals surface area (Å²) in [5.74, 6) is 0.597. The van der Waals surface area contributed by atoms with Crippen molar-refractivity contribution in [3.8, 4) is 5.75 Å². The van der Waals surface area contributed by atoms with Gasteiger partial charge in [-0.3, -0.25) is 9.59 Å². The lowest BCUT2D eigenvalue weighted by Crippen LogP contribution is -2.55. The van der Waals surface area contributed by atoms with Gasteiger partial charge in [0, 0.05) is 38.3 Å². The molecule has 2 heterocycles. The van der Waals surface area contributed by atoms with Crippen LogP contribution in [0.25, 0.3) is 0 Å². The first-order chi connectivity index (χ1) is 28.3. The average molecular weight is 838 g/mol. The summed E-state index contributed by atoms with van der Waals surface area (Å²) in [6, 6.07) is 0.285. The van der Waals surface area contributed by atoms with E-state index in [1.165, 1.54) is 19.3 Å². The maximum atomic E-state index is 14.6. The Bertz CT molecular complexity index is 1850. The molecule has 0 spiro atoms. The van der Waals surface area contributed by atoms with Crippen LogP contribution in [0.5, 0.6) is 5.75 Å². The smallest absolute Gasteiger partial charge is 0.408 e. The second-order valence-corrected chi connectivity index (χ2v) is 17.9. The fourth-order valence-electron chi connectivity index (χ4n) is 7.34. The van der Waals surface area contributed by atoms with Crippen LogP contribution in [-0.2, 0) is 38.4 Å². The Morgan fingerprint density at radius 1 is 0.883 bits per heavy atom. The number of rotatable bonds is 19. The van der Waals surface area contributed by atoms with Gasteiger partial charge in [-0.1, -0.05) is 37.3 Å². The molecule has 17 nitrogen and oxygen atoms in total. The van der Waals surface area contributed by atoms with E-state index in [-0.39, 0.29) is 24.5 Å². The Balaban J connectivity index is 1.58. The minimum absolute atomic E-state index is 0.0730. The molecule has 60 heavy (non-hydrogen) atoms. The number of nitrogen functional groups attached to an aromatic ring is 1. The molecule has 17 heteroatoms. The van der Waals surface area contributed by atoms with Crippen molar-refractivity contribution in [2.45, 2.75) is 168 Å². The van der Waals surface area contributed by atoms with E-state index >= 15 is 0 Å². The first-order valence-corrected chi connectivity index (χ1v) is 21.2. The third-order valence-electron chi connectivity index (χ3n) is 10.3. The molecular weight excluding hydrogens is 771 g/mol. The Hall–Kier alpha value is -5.35. The highest BCUT2D eigenvalue weighted by atomic mass is 16.6. The number of anilines is 1. The van der Waals surface area contributed by atoms with Gasteiger partial charge in [0.05, 0.1) is 0 Å². The molecule has 1 aliphatic rings. The molecule has 3 atom stereocenters. The van der Waals surface area contributed by atoms with Gasteiger partial charge in [-0.15, -0.1) is 0 Å². The van der Waals surface area contributed by atoms with Gasteiger partial charge in [-0.2, -0.15) is 4.98 Å². The zero-order valence-corrected chi connectivity index (χ0v) is 36.7. The molecule has 0 saturated heterocycles. The number of nitrogens with two attached hydrogens (primary N) is 1. The largest absolute Gasteiger partial charge is 0.508 e. The summed E-state index contributed by atoms with van der Waals surface area (Å²) in [5, 5.41) is 26.1. The number of aryl methyl sites for hydroxylation is 3. The van der Waals surface area contributed by atoms with Crippen LogP contribution in [-0.4, -0.2) is 78.6 Å². The molecule has 1 fully saturated rings. The number of phenolic OH excluding ortho intramolecular Hbond substituents is 1. The number of benzene rings is 1. The molecule has 0 bridgehead atoms. The molecule has 4 rings (SSSR count). The quantitative estimate of drug-likeness (QED) is 0.0736. The number of aromatic nitrogens is 4. The Morgan fingerprint density at radius 2 is 1.53 bits per heavy atom. The summed E-state index contributed by atoms with van der Waals surface area (Å²) in [5.41, 5.74) is 6.75. The zero-order valence-electron chi connectivity index (χ0n) is 36.7. The van der Waals surface area contributed by atoms with E-state index in [1.807, 2.05) is 13.8 Å². The summed E-state index contributed by atoms with van der Waals surface area (Å²) in [4.78, 5) is 62.9. The number of phenols is 1. The zero-order chi connectivity index (χ0) is 44.0. The summed E-state index contributed by atoms with van der Waals surface area (Å²) >= 11 is 0. The normalized spacial score (nSPS) is 15.1. The van der Waals surface area contributed by atoms with Crippen molar-refractivity contribution in [3.05, 3.63) is 52.9 Å². The highest BCUT2D eigenvalue weighted by Gasteiger charge is 2.32. The van der Waals surface area contributed by atoms with Crippen LogP contribution < -0.4 is 27.0 Å². The minimum Gasteiger partial charge on any atom is -0.508 e. The lowest BCUT2D eigenvalue weighted by Gasteiger charge is -2.27. The number of amides is 4. The second-order valence-electron chi connectivity index (χ2n) is 17.9. The van der Waals surface area contributed by atoms with Crippen molar-refractivity contribution in [3.63, 3.8) is 0 Å². The number of hydrogen-bond acceptors (Lipinski definition) is 12. The van der Waals surface area contributed by atoms with E-state index in [9.17, 15) is 24.3 Å². The average Bonchev–Trinajstić information content (AvgIpc) is 3.78. The second kappa shape index (κ2) is 21.8. The fourth-order valence-corrected chi connectivity index (χ4v) is 7.34. The molecule has 1 aliphatic carbocycles. The molecule has 4 amide bonds. The monoisotopic (exact) mass is 838 g/mol. The maximum absolute atomic E-state index is 14.6. The van der Waals surface area contributed by atoms with Crippen LogP contribution in [0.1, 0.15) is 140 Å². The van der Waals surface area contributed by atoms with E-state index in [1.54, 1.807) is 70.6 Å². The maximum Gasteiger partial charge on any atom is 0.408 e. The molecule has 0 radical (unpaired) electrons. The van der Waals surface area contributed by atoms with E-state index in [0.717, 1.165) is 29.5 Å². The predicted octanol–water partition coefficient (Wildman–Crippen LogP) is 6.25. The van der Waals surface area contributed by atoms with Crippen molar-refractivity contribution in [1.82, 2.24) is 41.0 Å². The number of aromatic hydroxyl groups is 1. The van der Waals surface area contributed by atoms with E-state index in [0.29, 0.717) is 62.9 Å². The van der Waals surface area contributed by atoms with Crippen LogP contribution in [0.3, 0.4) is 0 Å². The topological polar surface area (TPSA) is 238 Å². The minimum atomic E-state index is -1.13. The first kappa shape index (κ1) is 47.3. The van der Waals surface area contributed by atoms with Gasteiger partial charge in [0.15, 0.2) is 11.8 Å². The number of imidazole rings is 1. The number of unbranched alkanes of at least 4 members (excludes halogenated alkanes) is 1. The Labute approximate surface area is 353 Å². The van der Waals surface area contributed by atoms with Crippen molar-refractivity contribution in [2.75, 3.05) is 12.3 Å². The van der Waals surface area contributed by atoms with Gasteiger partial charge in [-0.25, -0.2) is 14.6 Å². The van der Waals surface area contributed by atoms with Crippen molar-refractivity contribution in [2.24, 2.45) is 5.92 Å². The molecule has 1 aromatic carbocycles. The third-order valence-corrected chi connectivity index (χ3v) is 10.3. The Kier molecular flexibility index (Phi) is 17.2. The van der Waals surface area contributed by atoms with E-state index in [4.69, 9.17) is 24.7 Å². The molecule has 0 aliphatic heterocycles. The van der Waals surface area contributed by atoms with Crippen LogP contribution in [0, 0.1) is 19.8 Å². The number of ether oxygens (including phenoxy) is 2. The first-order valence-electron chi connectivity index (χ1n) is 21.2. The van der Waals surface area contributed by atoms with Crippen LogP contribution in [0.4, 0.5) is 15.5 Å². The van der Waals surface area contributed by atoms with Crippen LogP contribution in [0.2, 0.25) is 0 Å². The number of carbonyl (C=O) groups excluding carboxylic acids is 4. The SMILES string of the molecule is Cc1cc(O)cc(C)c1C[C@H](NC(=O)[C@@H](CCCn1ccnc1N)NC(=O)OC(C)(C)C)C(=O)N[C@@H](CCCCNC(=O)OC(C)(C)C)c1nc(CC2CCCCC2)no1. The van der Waals surface area contributed by atoms with Gasteiger partial charge < -0.3 is 50.7 Å². The van der Waals surface area contributed by atoms with Gasteiger partial charge in [0.2, 0.25) is 17.7 Å². The van der Waals surface area contributed by atoms with Gasteiger partial charge >= 0.3 is 12.2 Å². The van der Waals surface area contributed by atoms with Crippen molar-refractivity contribution in [1.29, 1.82) is 0 Å². The third kappa shape index (κ3) is 16.0. The summed E-state index contributed by atoms with van der Waals surface area (Å²) in [6.45, 7) is 15.0. The number of carbonyl (C=O) groups is 4. The van der Waals surface area contributed by atoms with Crippen LogP contribution >= 0.6 is 0 Å². The fraction of sp³-hybridized carbons (Fsp3) is 0.651. The molecular formula is C43H67N9O8. The lowest BCUT2D eigenvalue weighted by molar-refractivity contribution is -0.130. The number of nitrogens with zero attached hydrogens (tertiary/aromatic N) is 4. The van der Waals surface area contributed by atoms with Crippen LogP contribution in [0.15, 0.2) is 29.0 Å². The molecule has 1 saturated carbocycles. The number of nitrogens with one attached hydrogen (secondary N) is 4. The predicted molar refractivity (Wildman–Crippen MR) is 226 cm³/mol. The van der Waals surface area contributed by atoms with Gasteiger partial charge in [0.25, 0.3) is 0 Å². The van der Waals surface area contributed by atoms with E-state index in [2.05, 4.69) is 31.4 Å². The number of hydrogen-bond donors (Lipinski definition) is 6. The summed E-state index contributed by atoms with van der Waals surface area (Å²) in [7, 11) is 0. The molecule has 2 aromatic heterocycles. The summed E-state index contributed by atoms with van der Waals surface area (Å²) < 4.78 is 18.4. The van der Waals surface area contributed by atoms with E-state index < -0.39 is 53.3 Å². The molecule has 3 aromatic rings. The highest BCUT2D eigenvalue weighted by Crippen LogP contribution is 2.28. The van der Waals surface area contributed by atoms with Gasteiger partial charge in [0.1, 0.15) is 35.1 Å². The van der Waals surface area contributed by atoms with Crippen molar-refractivity contribution >= 4 is 29.9 Å². The molecule has 0 unspecified atom stereocenters. The standard InChI is InChI=1S/C43H67N9O8/c1-27-23-30(53)24-28(2)31(27)26-34(48-36(54)32(49-41(57)59-43(6,7)8)18-14-21-52-22-20-45-39(52)44)37(55)47-33(17-12-13-19-46-40(56)58-42(3,4)5)38-50-35(51-60-38)25-29-15-10-9-11-16-29/h20,22-24,29,32-34,53H,9-19,21,25-26H2,1-8H3,(H2,44,45)(H,46,56)(H,47,55)(H,48,54)(H,49,57)/t32-,33+,34+/m1/s1. The van der Waals surface area contributed by atoms with Gasteiger partial charge in [-0.05, 0) is 122 Å². The van der Waals surface area contributed by atoms with Crippen molar-refractivity contribution < 1.29 is 38.3 Å². The number of alkyl carbamates (subject to hydrolysis) is 2. The molecule has 332 valence electrons. The molecule has 7 N–H and O–H groups in total. The highest BCUT2D eigenvalue weighted by molar-refractivity contribution is 5.91.